The summed E-state index contributed by atoms with van der Waals surface area (Å²) in [7, 11) is 0. The Morgan fingerprint density at radius 1 is 1.12 bits per heavy atom. The molecule has 0 unspecified atom stereocenters. The van der Waals surface area contributed by atoms with E-state index in [1.807, 2.05) is 25.1 Å². The molecule has 0 atom stereocenters. The summed E-state index contributed by atoms with van der Waals surface area (Å²) in [6.07, 6.45) is 3.79. The molecule has 136 valence electrons. The summed E-state index contributed by atoms with van der Waals surface area (Å²) in [5.41, 5.74) is 3.51. The minimum Gasteiger partial charge on any atom is -0.492 e. The van der Waals surface area contributed by atoms with Crippen LogP contribution in [0.4, 0.5) is 0 Å². The van der Waals surface area contributed by atoms with E-state index in [9.17, 15) is 0 Å². The smallest absolute Gasteiger partial charge is 0.121 e. The lowest BCUT2D eigenvalue weighted by atomic mass is 9.90. The molecule has 1 aliphatic heterocycles. The SMILES string of the molecule is Cc1nc2ccc(OCCN3CCC(Cc4ccccc4)CC3)cc2[nH]1. The predicted molar refractivity (Wildman–Crippen MR) is 106 cm³/mol. The van der Waals surface area contributed by atoms with Crippen molar-refractivity contribution < 1.29 is 4.74 Å². The molecule has 0 radical (unpaired) electrons. The molecule has 0 aliphatic carbocycles. The van der Waals surface area contributed by atoms with E-state index in [0.717, 1.165) is 41.7 Å². The Kier molecular flexibility index (Phi) is 5.21. The van der Waals surface area contributed by atoms with Crippen molar-refractivity contribution in [1.82, 2.24) is 14.9 Å². The van der Waals surface area contributed by atoms with Gasteiger partial charge in [-0.2, -0.15) is 0 Å². The lowest BCUT2D eigenvalue weighted by molar-refractivity contribution is 0.155. The Hall–Kier alpha value is -2.33. The van der Waals surface area contributed by atoms with Crippen molar-refractivity contribution in [2.24, 2.45) is 5.92 Å². The standard InChI is InChI=1S/C22H27N3O/c1-17-23-21-8-7-20(16-22(21)24-17)26-14-13-25-11-9-19(10-12-25)15-18-5-3-2-4-6-18/h2-8,16,19H,9-15H2,1H3,(H,23,24). The molecule has 1 aliphatic rings. The molecular weight excluding hydrogens is 322 g/mol. The van der Waals surface area contributed by atoms with Crippen LogP contribution in [0.15, 0.2) is 48.5 Å². The highest BCUT2D eigenvalue weighted by Gasteiger charge is 2.19. The summed E-state index contributed by atoms with van der Waals surface area (Å²) in [6, 6.07) is 16.9. The molecule has 4 rings (SSSR count). The molecule has 26 heavy (non-hydrogen) atoms. The van der Waals surface area contributed by atoms with Crippen LogP contribution >= 0.6 is 0 Å². The van der Waals surface area contributed by atoms with E-state index in [0.29, 0.717) is 0 Å². The zero-order valence-electron chi connectivity index (χ0n) is 15.4. The van der Waals surface area contributed by atoms with Gasteiger partial charge in [0.15, 0.2) is 0 Å². The van der Waals surface area contributed by atoms with Crippen molar-refractivity contribution in [3.63, 3.8) is 0 Å². The number of imidazole rings is 1. The van der Waals surface area contributed by atoms with Crippen molar-refractivity contribution in [1.29, 1.82) is 0 Å². The van der Waals surface area contributed by atoms with Crippen LogP contribution < -0.4 is 4.74 Å². The number of ether oxygens (including phenoxy) is 1. The molecule has 0 bridgehead atoms. The van der Waals surface area contributed by atoms with Crippen LogP contribution in [0.2, 0.25) is 0 Å². The third-order valence-corrected chi connectivity index (χ3v) is 5.32. The largest absolute Gasteiger partial charge is 0.492 e. The molecule has 1 aromatic heterocycles. The molecule has 1 saturated heterocycles. The fourth-order valence-electron chi connectivity index (χ4n) is 3.86. The molecule has 2 heterocycles. The first kappa shape index (κ1) is 17.1. The van der Waals surface area contributed by atoms with Crippen LogP contribution in [0, 0.1) is 12.8 Å². The zero-order valence-corrected chi connectivity index (χ0v) is 15.4. The molecule has 4 nitrogen and oxygen atoms in total. The van der Waals surface area contributed by atoms with Gasteiger partial charge in [0.05, 0.1) is 11.0 Å². The highest BCUT2D eigenvalue weighted by molar-refractivity contribution is 5.76. The van der Waals surface area contributed by atoms with Crippen LogP contribution in [0.1, 0.15) is 24.2 Å². The molecule has 1 N–H and O–H groups in total. The highest BCUT2D eigenvalue weighted by atomic mass is 16.5. The Balaban J connectivity index is 1.21. The van der Waals surface area contributed by atoms with Gasteiger partial charge >= 0.3 is 0 Å². The molecular formula is C22H27N3O. The predicted octanol–water partition coefficient (Wildman–Crippen LogP) is 4.20. The molecule has 1 fully saturated rings. The number of nitrogens with one attached hydrogen (secondary N) is 1. The monoisotopic (exact) mass is 349 g/mol. The Morgan fingerprint density at radius 3 is 2.73 bits per heavy atom. The van der Waals surface area contributed by atoms with E-state index in [1.54, 1.807) is 0 Å². The second-order valence-electron chi connectivity index (χ2n) is 7.32. The number of H-pyrrole nitrogens is 1. The second kappa shape index (κ2) is 7.92. The Labute approximate surface area is 155 Å². The van der Waals surface area contributed by atoms with Gasteiger partial charge in [-0.05, 0) is 62.9 Å². The van der Waals surface area contributed by atoms with E-state index in [1.165, 1.54) is 37.9 Å². The summed E-state index contributed by atoms with van der Waals surface area (Å²) in [5.74, 6) is 2.68. The minimum absolute atomic E-state index is 0.738. The maximum absolute atomic E-state index is 5.96. The first-order chi connectivity index (χ1) is 12.8. The average molecular weight is 349 g/mol. The summed E-state index contributed by atoms with van der Waals surface area (Å²) in [6.45, 7) is 6.07. The zero-order chi connectivity index (χ0) is 17.8. The summed E-state index contributed by atoms with van der Waals surface area (Å²) < 4.78 is 5.96. The third-order valence-electron chi connectivity index (χ3n) is 5.32. The lowest BCUT2D eigenvalue weighted by Crippen LogP contribution is -2.37. The van der Waals surface area contributed by atoms with Gasteiger partial charge in [-0.25, -0.2) is 4.98 Å². The summed E-state index contributed by atoms with van der Waals surface area (Å²) >= 11 is 0. The number of piperidine rings is 1. The number of likely N-dealkylation sites (tertiary alicyclic amines) is 1. The van der Waals surface area contributed by atoms with Crippen molar-refractivity contribution >= 4 is 11.0 Å². The van der Waals surface area contributed by atoms with Gasteiger partial charge in [0, 0.05) is 12.6 Å². The van der Waals surface area contributed by atoms with Gasteiger partial charge in [-0.3, -0.25) is 4.90 Å². The van der Waals surface area contributed by atoms with Crippen molar-refractivity contribution in [3.05, 3.63) is 59.9 Å². The first-order valence-electron chi connectivity index (χ1n) is 9.62. The van der Waals surface area contributed by atoms with Gasteiger partial charge in [0.2, 0.25) is 0 Å². The van der Waals surface area contributed by atoms with Crippen molar-refractivity contribution in [3.8, 4) is 5.75 Å². The van der Waals surface area contributed by atoms with Crippen molar-refractivity contribution in [2.75, 3.05) is 26.2 Å². The van der Waals surface area contributed by atoms with E-state index >= 15 is 0 Å². The van der Waals surface area contributed by atoms with Crippen molar-refractivity contribution in [2.45, 2.75) is 26.2 Å². The number of nitrogens with zero attached hydrogens (tertiary/aromatic N) is 2. The van der Waals surface area contributed by atoms with Gasteiger partial charge in [-0.15, -0.1) is 0 Å². The van der Waals surface area contributed by atoms with Crippen LogP contribution in [0.5, 0.6) is 5.75 Å². The summed E-state index contributed by atoms with van der Waals surface area (Å²) in [4.78, 5) is 10.2. The quantitative estimate of drug-likeness (QED) is 0.725. The van der Waals surface area contributed by atoms with Gasteiger partial charge in [-0.1, -0.05) is 30.3 Å². The minimum atomic E-state index is 0.738. The Morgan fingerprint density at radius 2 is 1.92 bits per heavy atom. The number of hydrogen-bond donors (Lipinski definition) is 1. The number of fused-ring (bicyclic) bond motifs is 1. The maximum atomic E-state index is 5.96. The van der Waals surface area contributed by atoms with E-state index in [4.69, 9.17) is 4.74 Å². The van der Waals surface area contributed by atoms with Crippen LogP contribution in [-0.4, -0.2) is 41.1 Å². The van der Waals surface area contributed by atoms with Gasteiger partial charge in [0.25, 0.3) is 0 Å². The number of benzene rings is 2. The lowest BCUT2D eigenvalue weighted by Gasteiger charge is -2.31. The van der Waals surface area contributed by atoms with Gasteiger partial charge in [0.1, 0.15) is 18.2 Å². The molecule has 0 saturated carbocycles. The third kappa shape index (κ3) is 4.25. The average Bonchev–Trinajstić information content (AvgIpc) is 3.03. The normalized spacial score (nSPS) is 16.2. The number of aryl methyl sites for hydroxylation is 1. The molecule has 3 aromatic rings. The second-order valence-corrected chi connectivity index (χ2v) is 7.32. The number of hydrogen-bond acceptors (Lipinski definition) is 3. The number of aromatic nitrogens is 2. The van der Waals surface area contributed by atoms with Crippen LogP contribution in [0.25, 0.3) is 11.0 Å². The fourth-order valence-corrected chi connectivity index (χ4v) is 3.86. The fraction of sp³-hybridized carbons (Fsp3) is 0.409. The maximum Gasteiger partial charge on any atom is 0.121 e. The molecule has 0 spiro atoms. The molecule has 2 aromatic carbocycles. The van der Waals surface area contributed by atoms with Crippen LogP contribution in [-0.2, 0) is 6.42 Å². The summed E-state index contributed by atoms with van der Waals surface area (Å²) in [5, 5.41) is 0. The topological polar surface area (TPSA) is 41.1 Å². The molecule has 0 amide bonds. The van der Waals surface area contributed by atoms with E-state index in [-0.39, 0.29) is 0 Å². The number of aromatic amines is 1. The molecule has 4 heteroatoms. The van der Waals surface area contributed by atoms with E-state index in [2.05, 4.69) is 45.2 Å². The van der Waals surface area contributed by atoms with Gasteiger partial charge < -0.3 is 9.72 Å². The van der Waals surface area contributed by atoms with E-state index < -0.39 is 0 Å². The number of rotatable bonds is 6. The Bertz CT molecular complexity index is 835. The van der Waals surface area contributed by atoms with Crippen LogP contribution in [0.3, 0.4) is 0 Å². The highest BCUT2D eigenvalue weighted by Crippen LogP contribution is 2.22. The first-order valence-corrected chi connectivity index (χ1v) is 9.62.